The number of aryl methyl sites for hydroxylation is 1. The Kier molecular flexibility index (Phi) is 4.62. The number of hydrogen-bond acceptors (Lipinski definition) is 4. The molecule has 0 aliphatic heterocycles. The molecule has 0 spiro atoms. The van der Waals surface area contributed by atoms with Gasteiger partial charge >= 0.3 is 6.09 Å². The Balaban J connectivity index is 2.13. The van der Waals surface area contributed by atoms with Gasteiger partial charge in [-0.2, -0.15) is 5.10 Å². The van der Waals surface area contributed by atoms with Crippen LogP contribution in [0.15, 0.2) is 12.3 Å². The van der Waals surface area contributed by atoms with E-state index < -0.39 is 6.09 Å². The number of ether oxygens (including phenoxy) is 1. The van der Waals surface area contributed by atoms with Gasteiger partial charge in [-0.25, -0.2) is 4.79 Å². The summed E-state index contributed by atoms with van der Waals surface area (Å²) < 4.78 is 6.32. The molecule has 0 fully saturated rings. The maximum Gasteiger partial charge on any atom is 0.407 e. The van der Waals surface area contributed by atoms with Gasteiger partial charge in [0.2, 0.25) is 0 Å². The summed E-state index contributed by atoms with van der Waals surface area (Å²) in [6, 6.07) is 1.89. The van der Waals surface area contributed by atoms with E-state index in [0.717, 1.165) is 5.69 Å². The van der Waals surface area contributed by atoms with Crippen LogP contribution in [0.1, 0.15) is 5.69 Å². The fraction of sp³-hybridized carbons (Fsp3) is 0.556. The summed E-state index contributed by atoms with van der Waals surface area (Å²) in [6.07, 6.45) is 1.99. The van der Waals surface area contributed by atoms with Crippen LogP contribution < -0.4 is 5.32 Å². The Labute approximate surface area is 87.8 Å². The number of rotatable bonds is 5. The lowest BCUT2D eigenvalue weighted by molar-refractivity contribution is 0.119. The number of carbonyl (C=O) groups excluding carboxylic acids is 1. The molecule has 2 N–H and O–H groups in total. The fourth-order valence-corrected chi connectivity index (χ4v) is 1.08. The first-order valence-corrected chi connectivity index (χ1v) is 4.72. The van der Waals surface area contributed by atoms with Gasteiger partial charge in [0.1, 0.15) is 6.61 Å². The molecule has 1 aromatic rings. The van der Waals surface area contributed by atoms with Crippen molar-refractivity contribution < 1.29 is 14.6 Å². The lowest BCUT2D eigenvalue weighted by Gasteiger charge is -2.04. The second kappa shape index (κ2) is 6.02. The molecule has 0 atom stereocenters. The van der Waals surface area contributed by atoms with Crippen molar-refractivity contribution in [1.29, 1.82) is 0 Å². The number of carbonyl (C=O) groups is 1. The average Bonchev–Trinajstić information content (AvgIpc) is 2.61. The molecule has 1 rings (SSSR count). The Morgan fingerprint density at radius 3 is 3.13 bits per heavy atom. The van der Waals surface area contributed by atoms with Crippen LogP contribution in [0.2, 0.25) is 0 Å². The summed E-state index contributed by atoms with van der Waals surface area (Å²) in [5.74, 6) is 0. The summed E-state index contributed by atoms with van der Waals surface area (Å²) >= 11 is 0. The number of amides is 1. The summed E-state index contributed by atoms with van der Waals surface area (Å²) in [5, 5.41) is 15.1. The third kappa shape index (κ3) is 4.46. The van der Waals surface area contributed by atoms with E-state index in [0.29, 0.717) is 13.0 Å². The molecule has 1 heterocycles. The predicted molar refractivity (Wildman–Crippen MR) is 53.3 cm³/mol. The van der Waals surface area contributed by atoms with Crippen LogP contribution >= 0.6 is 0 Å². The Hall–Kier alpha value is -1.56. The zero-order valence-corrected chi connectivity index (χ0v) is 8.64. The van der Waals surface area contributed by atoms with Gasteiger partial charge in [-0.05, 0) is 6.07 Å². The maximum atomic E-state index is 10.9. The Bertz CT molecular complexity index is 311. The van der Waals surface area contributed by atoms with Crippen LogP contribution in [0.3, 0.4) is 0 Å². The van der Waals surface area contributed by atoms with Crippen molar-refractivity contribution in [2.45, 2.75) is 6.42 Å². The van der Waals surface area contributed by atoms with E-state index in [-0.39, 0.29) is 13.2 Å². The van der Waals surface area contributed by atoms with Gasteiger partial charge in [-0.15, -0.1) is 0 Å². The second-order valence-electron chi connectivity index (χ2n) is 3.02. The standard InChI is InChI=1S/C9H15N3O3/c1-12-5-3-8(11-12)2-4-10-9(14)15-7-6-13/h3,5,13H,2,4,6-7H2,1H3,(H,10,14). The second-order valence-corrected chi connectivity index (χ2v) is 3.02. The molecule has 0 bridgehead atoms. The minimum atomic E-state index is -0.514. The molecule has 0 saturated heterocycles. The molecule has 0 radical (unpaired) electrons. The van der Waals surface area contributed by atoms with Gasteiger partial charge in [0.05, 0.1) is 12.3 Å². The number of aliphatic hydroxyl groups is 1. The SMILES string of the molecule is Cn1ccc(CCNC(=O)OCCO)n1. The number of nitrogens with zero attached hydrogens (tertiary/aromatic N) is 2. The largest absolute Gasteiger partial charge is 0.447 e. The lowest BCUT2D eigenvalue weighted by Crippen LogP contribution is -2.27. The Morgan fingerprint density at radius 1 is 1.73 bits per heavy atom. The van der Waals surface area contributed by atoms with Gasteiger partial charge in [0, 0.05) is 26.2 Å². The van der Waals surface area contributed by atoms with E-state index >= 15 is 0 Å². The first-order chi connectivity index (χ1) is 7.22. The number of hydrogen-bond donors (Lipinski definition) is 2. The molecule has 15 heavy (non-hydrogen) atoms. The van der Waals surface area contributed by atoms with E-state index in [1.165, 1.54) is 0 Å². The maximum absolute atomic E-state index is 10.9. The molecule has 0 unspecified atom stereocenters. The number of alkyl carbamates (subject to hydrolysis) is 1. The van der Waals surface area contributed by atoms with Crippen LogP contribution in [-0.4, -0.2) is 40.7 Å². The van der Waals surface area contributed by atoms with E-state index in [4.69, 9.17) is 5.11 Å². The quantitative estimate of drug-likeness (QED) is 0.703. The zero-order valence-electron chi connectivity index (χ0n) is 8.64. The van der Waals surface area contributed by atoms with Crippen LogP contribution in [0.5, 0.6) is 0 Å². The normalized spacial score (nSPS) is 10.0. The van der Waals surface area contributed by atoms with Gasteiger partial charge < -0.3 is 15.2 Å². The molecule has 0 aliphatic carbocycles. The minimum absolute atomic E-state index is 0.0232. The van der Waals surface area contributed by atoms with Crippen molar-refractivity contribution >= 4 is 6.09 Å². The molecule has 1 aromatic heterocycles. The number of aliphatic hydroxyl groups excluding tert-OH is 1. The number of aromatic nitrogens is 2. The monoisotopic (exact) mass is 213 g/mol. The summed E-state index contributed by atoms with van der Waals surface area (Å²) in [4.78, 5) is 10.9. The van der Waals surface area contributed by atoms with Crippen LogP contribution in [-0.2, 0) is 18.2 Å². The average molecular weight is 213 g/mol. The molecule has 0 aliphatic rings. The van der Waals surface area contributed by atoms with E-state index in [9.17, 15) is 4.79 Å². The van der Waals surface area contributed by atoms with Crippen molar-refractivity contribution in [2.24, 2.45) is 7.05 Å². The van der Waals surface area contributed by atoms with Crippen molar-refractivity contribution in [1.82, 2.24) is 15.1 Å². The molecule has 1 amide bonds. The zero-order chi connectivity index (χ0) is 11.1. The van der Waals surface area contributed by atoms with E-state index in [1.54, 1.807) is 4.68 Å². The lowest BCUT2D eigenvalue weighted by atomic mass is 10.3. The summed E-state index contributed by atoms with van der Waals surface area (Å²) in [5.41, 5.74) is 0.917. The topological polar surface area (TPSA) is 76.4 Å². The highest BCUT2D eigenvalue weighted by Gasteiger charge is 2.01. The van der Waals surface area contributed by atoms with Crippen LogP contribution in [0, 0.1) is 0 Å². The molecular weight excluding hydrogens is 198 g/mol. The predicted octanol–water partition coefficient (Wildman–Crippen LogP) is -0.319. The minimum Gasteiger partial charge on any atom is -0.447 e. The highest BCUT2D eigenvalue weighted by atomic mass is 16.6. The van der Waals surface area contributed by atoms with Gasteiger partial charge in [0.15, 0.2) is 0 Å². The van der Waals surface area contributed by atoms with E-state index in [2.05, 4.69) is 15.2 Å². The first kappa shape index (κ1) is 11.5. The van der Waals surface area contributed by atoms with Crippen molar-refractivity contribution in [2.75, 3.05) is 19.8 Å². The third-order valence-corrected chi connectivity index (χ3v) is 1.74. The smallest absolute Gasteiger partial charge is 0.407 e. The molecular formula is C9H15N3O3. The third-order valence-electron chi connectivity index (χ3n) is 1.74. The number of nitrogens with one attached hydrogen (secondary N) is 1. The van der Waals surface area contributed by atoms with Crippen LogP contribution in [0.4, 0.5) is 4.79 Å². The summed E-state index contributed by atoms with van der Waals surface area (Å²) in [7, 11) is 1.84. The van der Waals surface area contributed by atoms with Crippen molar-refractivity contribution in [3.05, 3.63) is 18.0 Å². The molecule has 0 saturated carbocycles. The molecule has 6 heteroatoms. The molecule has 0 aromatic carbocycles. The van der Waals surface area contributed by atoms with Gasteiger partial charge in [-0.3, -0.25) is 4.68 Å². The highest BCUT2D eigenvalue weighted by molar-refractivity contribution is 5.67. The highest BCUT2D eigenvalue weighted by Crippen LogP contribution is 1.93. The first-order valence-electron chi connectivity index (χ1n) is 4.72. The van der Waals surface area contributed by atoms with Gasteiger partial charge in [-0.1, -0.05) is 0 Å². The van der Waals surface area contributed by atoms with Gasteiger partial charge in [0.25, 0.3) is 0 Å². The fourth-order valence-electron chi connectivity index (χ4n) is 1.08. The van der Waals surface area contributed by atoms with E-state index in [1.807, 2.05) is 19.3 Å². The summed E-state index contributed by atoms with van der Waals surface area (Å²) in [6.45, 7) is 0.338. The molecule has 6 nitrogen and oxygen atoms in total. The van der Waals surface area contributed by atoms with Crippen LogP contribution in [0.25, 0.3) is 0 Å². The molecule has 84 valence electrons. The van der Waals surface area contributed by atoms with Crippen molar-refractivity contribution in [3.8, 4) is 0 Å². The van der Waals surface area contributed by atoms with Crippen molar-refractivity contribution in [3.63, 3.8) is 0 Å². The Morgan fingerprint density at radius 2 is 2.53 bits per heavy atom.